The van der Waals surface area contributed by atoms with Crippen molar-refractivity contribution in [2.45, 2.75) is 51.5 Å². The summed E-state index contributed by atoms with van der Waals surface area (Å²) in [7, 11) is 0. The van der Waals surface area contributed by atoms with E-state index < -0.39 is 0 Å². The third kappa shape index (κ3) is 1.92. The molecule has 1 aliphatic rings. The second kappa shape index (κ2) is 4.16. The molecule has 0 aromatic carbocycles. The standard InChI is InChI=1S/C11H18BrN3/c1-7(2)10-9(12)11(13)15(14-10)8-5-3-4-6-8/h7-8H,3-6,13H2,1-2H3. The SMILES string of the molecule is CC(C)c1nn(C2CCCC2)c(N)c1Br. The van der Waals surface area contributed by atoms with E-state index in [9.17, 15) is 0 Å². The van der Waals surface area contributed by atoms with Gasteiger partial charge in [0.15, 0.2) is 0 Å². The molecule has 4 heteroatoms. The maximum Gasteiger partial charge on any atom is 0.136 e. The zero-order valence-corrected chi connectivity index (χ0v) is 10.9. The minimum absolute atomic E-state index is 0.421. The van der Waals surface area contributed by atoms with Gasteiger partial charge in [0.1, 0.15) is 5.82 Å². The van der Waals surface area contributed by atoms with Crippen molar-refractivity contribution < 1.29 is 0 Å². The number of hydrogen-bond donors (Lipinski definition) is 1. The molecule has 1 aliphatic carbocycles. The molecule has 0 aliphatic heterocycles. The lowest BCUT2D eigenvalue weighted by atomic mass is 10.1. The number of halogens is 1. The van der Waals surface area contributed by atoms with E-state index in [-0.39, 0.29) is 0 Å². The fourth-order valence-electron chi connectivity index (χ4n) is 2.24. The van der Waals surface area contributed by atoms with E-state index in [1.165, 1.54) is 25.7 Å². The van der Waals surface area contributed by atoms with Crippen LogP contribution < -0.4 is 5.73 Å². The van der Waals surface area contributed by atoms with Gasteiger partial charge in [0, 0.05) is 0 Å². The molecule has 1 aromatic rings. The summed E-state index contributed by atoms with van der Waals surface area (Å²) in [6.45, 7) is 4.29. The number of nitrogen functional groups attached to an aromatic ring is 1. The Morgan fingerprint density at radius 2 is 2.00 bits per heavy atom. The van der Waals surface area contributed by atoms with Gasteiger partial charge in [-0.15, -0.1) is 0 Å². The third-order valence-electron chi connectivity index (χ3n) is 3.13. The normalized spacial score (nSPS) is 17.9. The van der Waals surface area contributed by atoms with Gasteiger partial charge in [0.05, 0.1) is 16.2 Å². The molecule has 0 spiro atoms. The molecule has 2 N–H and O–H groups in total. The molecule has 0 unspecified atom stereocenters. The van der Waals surface area contributed by atoms with Crippen LogP contribution in [0.3, 0.4) is 0 Å². The first-order valence-electron chi connectivity index (χ1n) is 5.64. The zero-order valence-electron chi connectivity index (χ0n) is 9.33. The smallest absolute Gasteiger partial charge is 0.136 e. The van der Waals surface area contributed by atoms with Crippen LogP contribution in [-0.2, 0) is 0 Å². The fourth-order valence-corrected chi connectivity index (χ4v) is 2.96. The van der Waals surface area contributed by atoms with Crippen LogP contribution in [0, 0.1) is 0 Å². The van der Waals surface area contributed by atoms with Gasteiger partial charge in [0.2, 0.25) is 0 Å². The molecule has 1 saturated carbocycles. The van der Waals surface area contributed by atoms with Gasteiger partial charge in [-0.25, -0.2) is 4.68 Å². The Labute approximate surface area is 99.2 Å². The van der Waals surface area contributed by atoms with Gasteiger partial charge >= 0.3 is 0 Å². The number of hydrogen-bond acceptors (Lipinski definition) is 2. The van der Waals surface area contributed by atoms with Crippen molar-refractivity contribution in [2.24, 2.45) is 0 Å². The summed E-state index contributed by atoms with van der Waals surface area (Å²) in [6.07, 6.45) is 5.04. The maximum absolute atomic E-state index is 6.07. The summed E-state index contributed by atoms with van der Waals surface area (Å²) in [6, 6.07) is 0.522. The van der Waals surface area contributed by atoms with E-state index in [0.29, 0.717) is 12.0 Å². The van der Waals surface area contributed by atoms with Crippen molar-refractivity contribution in [3.05, 3.63) is 10.2 Å². The van der Waals surface area contributed by atoms with Gasteiger partial charge in [-0.3, -0.25) is 0 Å². The van der Waals surface area contributed by atoms with Gasteiger partial charge in [-0.1, -0.05) is 26.7 Å². The number of rotatable bonds is 2. The van der Waals surface area contributed by atoms with Crippen LogP contribution >= 0.6 is 15.9 Å². The molecule has 15 heavy (non-hydrogen) atoms. The topological polar surface area (TPSA) is 43.8 Å². The highest BCUT2D eigenvalue weighted by molar-refractivity contribution is 9.10. The number of nitrogens with two attached hydrogens (primary N) is 1. The summed E-state index contributed by atoms with van der Waals surface area (Å²) < 4.78 is 3.01. The second-order valence-electron chi connectivity index (χ2n) is 4.62. The van der Waals surface area contributed by atoms with Gasteiger partial charge < -0.3 is 5.73 Å². The Hall–Kier alpha value is -0.510. The first kappa shape index (κ1) is 11.0. The summed E-state index contributed by atoms with van der Waals surface area (Å²) in [5.41, 5.74) is 7.16. The number of aromatic nitrogens is 2. The lowest BCUT2D eigenvalue weighted by Crippen LogP contribution is -2.10. The van der Waals surface area contributed by atoms with Crippen LogP contribution in [0.4, 0.5) is 5.82 Å². The van der Waals surface area contributed by atoms with E-state index in [1.807, 2.05) is 4.68 Å². The minimum atomic E-state index is 0.421. The van der Waals surface area contributed by atoms with Crippen molar-refractivity contribution >= 4 is 21.7 Å². The predicted octanol–water partition coefficient (Wildman–Crippen LogP) is 3.47. The Kier molecular flexibility index (Phi) is 3.05. The van der Waals surface area contributed by atoms with E-state index in [1.54, 1.807) is 0 Å². The lowest BCUT2D eigenvalue weighted by Gasteiger charge is -2.11. The van der Waals surface area contributed by atoms with E-state index in [0.717, 1.165) is 16.0 Å². The molecular weight excluding hydrogens is 254 g/mol. The van der Waals surface area contributed by atoms with Gasteiger partial charge in [-0.2, -0.15) is 5.10 Å². The molecule has 0 bridgehead atoms. The van der Waals surface area contributed by atoms with Crippen LogP contribution in [0.15, 0.2) is 4.47 Å². The molecule has 2 rings (SSSR count). The third-order valence-corrected chi connectivity index (χ3v) is 3.94. The highest BCUT2D eigenvalue weighted by Gasteiger charge is 2.23. The van der Waals surface area contributed by atoms with Crippen molar-refractivity contribution in [3.63, 3.8) is 0 Å². The molecule has 0 saturated heterocycles. The van der Waals surface area contributed by atoms with Crippen molar-refractivity contribution in [1.29, 1.82) is 0 Å². The van der Waals surface area contributed by atoms with Crippen LogP contribution in [-0.4, -0.2) is 9.78 Å². The van der Waals surface area contributed by atoms with Crippen LogP contribution in [0.1, 0.15) is 57.2 Å². The Morgan fingerprint density at radius 1 is 1.40 bits per heavy atom. The highest BCUT2D eigenvalue weighted by atomic mass is 79.9. The quantitative estimate of drug-likeness (QED) is 0.895. The van der Waals surface area contributed by atoms with Crippen LogP contribution in [0.5, 0.6) is 0 Å². The van der Waals surface area contributed by atoms with Gasteiger partial charge in [0.25, 0.3) is 0 Å². The first-order valence-corrected chi connectivity index (χ1v) is 6.44. The molecule has 0 radical (unpaired) electrons. The second-order valence-corrected chi connectivity index (χ2v) is 5.42. The predicted molar refractivity (Wildman–Crippen MR) is 65.9 cm³/mol. The average molecular weight is 272 g/mol. The van der Waals surface area contributed by atoms with E-state index >= 15 is 0 Å². The van der Waals surface area contributed by atoms with Crippen LogP contribution in [0.25, 0.3) is 0 Å². The average Bonchev–Trinajstić information content (AvgIpc) is 2.77. The monoisotopic (exact) mass is 271 g/mol. The summed E-state index contributed by atoms with van der Waals surface area (Å²) in [4.78, 5) is 0. The van der Waals surface area contributed by atoms with Crippen molar-refractivity contribution in [3.8, 4) is 0 Å². The molecule has 1 aromatic heterocycles. The highest BCUT2D eigenvalue weighted by Crippen LogP contribution is 2.36. The first-order chi connectivity index (χ1) is 7.11. The summed E-state index contributed by atoms with van der Waals surface area (Å²) >= 11 is 3.54. The van der Waals surface area contributed by atoms with E-state index in [2.05, 4.69) is 34.9 Å². The van der Waals surface area contributed by atoms with Crippen LogP contribution in [0.2, 0.25) is 0 Å². The molecular formula is C11H18BrN3. The van der Waals surface area contributed by atoms with Gasteiger partial charge in [-0.05, 0) is 34.7 Å². The lowest BCUT2D eigenvalue weighted by molar-refractivity contribution is 0.467. The largest absolute Gasteiger partial charge is 0.383 e. The molecule has 1 fully saturated rings. The molecule has 0 amide bonds. The number of nitrogens with zero attached hydrogens (tertiary/aromatic N) is 2. The van der Waals surface area contributed by atoms with E-state index in [4.69, 9.17) is 5.73 Å². The van der Waals surface area contributed by atoms with Crippen molar-refractivity contribution in [2.75, 3.05) is 5.73 Å². The molecule has 3 nitrogen and oxygen atoms in total. The minimum Gasteiger partial charge on any atom is -0.383 e. The Balaban J connectivity index is 2.35. The molecule has 84 valence electrons. The maximum atomic E-state index is 6.07. The zero-order chi connectivity index (χ0) is 11.0. The Bertz CT molecular complexity index is 351. The molecule has 1 heterocycles. The number of anilines is 1. The molecule has 0 atom stereocenters. The summed E-state index contributed by atoms with van der Waals surface area (Å²) in [5.74, 6) is 1.22. The Morgan fingerprint density at radius 3 is 2.47 bits per heavy atom. The van der Waals surface area contributed by atoms with Crippen molar-refractivity contribution in [1.82, 2.24) is 9.78 Å². The summed E-state index contributed by atoms with van der Waals surface area (Å²) in [5, 5.41) is 4.64. The fraction of sp³-hybridized carbons (Fsp3) is 0.727.